The predicted molar refractivity (Wildman–Crippen MR) is 101 cm³/mol. The summed E-state index contributed by atoms with van der Waals surface area (Å²) in [4.78, 5) is 45.5. The first-order valence-corrected chi connectivity index (χ1v) is 8.38. The Bertz CT molecular complexity index is 931. The third-order valence-corrected chi connectivity index (χ3v) is 3.78. The van der Waals surface area contributed by atoms with Crippen LogP contribution in [0.5, 0.6) is 0 Å². The minimum absolute atomic E-state index is 0.0706. The number of rotatable bonds is 7. The van der Waals surface area contributed by atoms with Gasteiger partial charge in [0, 0.05) is 17.3 Å². The zero-order valence-electron chi connectivity index (χ0n) is 14.7. The van der Waals surface area contributed by atoms with E-state index in [1.165, 1.54) is 12.1 Å². The molecule has 2 amide bonds. The van der Waals surface area contributed by atoms with E-state index in [2.05, 4.69) is 10.6 Å². The monoisotopic (exact) mass is 405 g/mol. The molecule has 0 saturated heterocycles. The van der Waals surface area contributed by atoms with E-state index in [1.807, 2.05) is 13.0 Å². The Morgan fingerprint density at radius 1 is 1.18 bits per heavy atom. The summed E-state index contributed by atoms with van der Waals surface area (Å²) in [5.41, 5.74) is 1.06. The first-order chi connectivity index (χ1) is 13.3. The number of carbonyl (C=O) groups is 3. The highest BCUT2D eigenvalue weighted by molar-refractivity contribution is 6.32. The van der Waals surface area contributed by atoms with Crippen molar-refractivity contribution in [3.63, 3.8) is 0 Å². The highest BCUT2D eigenvalue weighted by atomic mass is 35.5. The Balaban J connectivity index is 1.79. The molecule has 0 atom stereocenters. The summed E-state index contributed by atoms with van der Waals surface area (Å²) < 4.78 is 4.76. The number of aryl methyl sites for hydroxylation is 1. The summed E-state index contributed by atoms with van der Waals surface area (Å²) in [6, 6.07) is 10.5. The summed E-state index contributed by atoms with van der Waals surface area (Å²) in [5, 5.41) is 15.5. The van der Waals surface area contributed by atoms with Crippen LogP contribution in [0.15, 0.2) is 42.5 Å². The van der Waals surface area contributed by atoms with E-state index >= 15 is 0 Å². The lowest BCUT2D eigenvalue weighted by molar-refractivity contribution is -0.384. The molecule has 0 saturated carbocycles. The zero-order valence-corrected chi connectivity index (χ0v) is 15.5. The number of amides is 2. The van der Waals surface area contributed by atoms with Crippen LogP contribution in [-0.4, -0.2) is 35.9 Å². The van der Waals surface area contributed by atoms with Crippen molar-refractivity contribution >= 4 is 40.8 Å². The molecule has 0 unspecified atom stereocenters. The first-order valence-electron chi connectivity index (χ1n) is 8.00. The van der Waals surface area contributed by atoms with E-state index in [0.717, 1.165) is 11.6 Å². The molecule has 0 bridgehead atoms. The Morgan fingerprint density at radius 3 is 2.61 bits per heavy atom. The van der Waals surface area contributed by atoms with E-state index in [-0.39, 0.29) is 16.4 Å². The lowest BCUT2D eigenvalue weighted by atomic mass is 10.1. The van der Waals surface area contributed by atoms with Gasteiger partial charge in [-0.05, 0) is 31.2 Å². The van der Waals surface area contributed by atoms with Crippen molar-refractivity contribution in [2.45, 2.75) is 6.92 Å². The molecule has 0 aromatic heterocycles. The Kier molecular flexibility index (Phi) is 7.05. The van der Waals surface area contributed by atoms with Crippen molar-refractivity contribution in [3.8, 4) is 0 Å². The van der Waals surface area contributed by atoms with Crippen molar-refractivity contribution in [3.05, 3.63) is 68.7 Å². The van der Waals surface area contributed by atoms with Crippen LogP contribution in [0.25, 0.3) is 0 Å². The fourth-order valence-electron chi connectivity index (χ4n) is 2.17. The molecule has 0 radical (unpaired) electrons. The van der Waals surface area contributed by atoms with Gasteiger partial charge in [0.15, 0.2) is 6.61 Å². The Morgan fingerprint density at radius 2 is 1.93 bits per heavy atom. The summed E-state index contributed by atoms with van der Waals surface area (Å²) in [5.74, 6) is -1.95. The third-order valence-electron chi connectivity index (χ3n) is 3.46. The molecule has 0 heterocycles. The average Bonchev–Trinajstić information content (AvgIpc) is 2.65. The molecule has 0 spiro atoms. The molecule has 0 aliphatic heterocycles. The van der Waals surface area contributed by atoms with Gasteiger partial charge in [-0.2, -0.15) is 0 Å². The molecular formula is C18H16ClN3O6. The second-order valence-electron chi connectivity index (χ2n) is 5.68. The van der Waals surface area contributed by atoms with E-state index in [0.29, 0.717) is 5.56 Å². The van der Waals surface area contributed by atoms with Gasteiger partial charge in [0.2, 0.25) is 0 Å². The molecule has 0 aliphatic rings. The number of esters is 1. The van der Waals surface area contributed by atoms with E-state index in [9.17, 15) is 24.5 Å². The number of nitro benzene ring substituents is 1. The maximum Gasteiger partial charge on any atom is 0.325 e. The smallest absolute Gasteiger partial charge is 0.325 e. The van der Waals surface area contributed by atoms with Crippen LogP contribution >= 0.6 is 11.6 Å². The van der Waals surface area contributed by atoms with Crippen molar-refractivity contribution in [2.75, 3.05) is 18.5 Å². The molecule has 0 aliphatic carbocycles. The minimum atomic E-state index is -0.807. The standard InChI is InChI=1S/C18H16ClN3O6/c1-11-3-2-4-12(7-11)18(25)20-9-17(24)28-10-16(23)21-13-5-6-14(19)15(8-13)22(26)27/h2-8H,9-10H2,1H3,(H,20,25)(H,21,23). The van der Waals surface area contributed by atoms with Crippen LogP contribution in [0, 0.1) is 17.0 Å². The SMILES string of the molecule is Cc1cccc(C(=O)NCC(=O)OCC(=O)Nc2ccc(Cl)c([N+](=O)[O-])c2)c1. The molecule has 0 fully saturated rings. The van der Waals surface area contributed by atoms with Gasteiger partial charge in [-0.25, -0.2) is 0 Å². The maximum absolute atomic E-state index is 11.9. The van der Waals surface area contributed by atoms with Gasteiger partial charge < -0.3 is 15.4 Å². The second-order valence-corrected chi connectivity index (χ2v) is 6.09. The lowest BCUT2D eigenvalue weighted by Crippen LogP contribution is -2.32. The zero-order chi connectivity index (χ0) is 20.7. The number of hydrogen-bond acceptors (Lipinski definition) is 6. The molecule has 9 nitrogen and oxygen atoms in total. The van der Waals surface area contributed by atoms with Gasteiger partial charge in [0.05, 0.1) is 4.92 Å². The summed E-state index contributed by atoms with van der Waals surface area (Å²) in [6.07, 6.45) is 0. The Labute approximate surface area is 164 Å². The molecule has 146 valence electrons. The van der Waals surface area contributed by atoms with Gasteiger partial charge in [-0.1, -0.05) is 29.3 Å². The number of benzene rings is 2. The van der Waals surface area contributed by atoms with Crippen LogP contribution in [0.3, 0.4) is 0 Å². The molecule has 10 heteroatoms. The highest BCUT2D eigenvalue weighted by Gasteiger charge is 2.15. The second kappa shape index (κ2) is 9.47. The van der Waals surface area contributed by atoms with Crippen LogP contribution in [-0.2, 0) is 14.3 Å². The number of ether oxygens (including phenoxy) is 1. The van der Waals surface area contributed by atoms with Crippen LogP contribution in [0.1, 0.15) is 15.9 Å². The summed E-state index contributed by atoms with van der Waals surface area (Å²) >= 11 is 5.69. The van der Waals surface area contributed by atoms with Gasteiger partial charge in [0.1, 0.15) is 11.6 Å². The van der Waals surface area contributed by atoms with Crippen LogP contribution < -0.4 is 10.6 Å². The van der Waals surface area contributed by atoms with Gasteiger partial charge in [-0.15, -0.1) is 0 Å². The Hall–Kier alpha value is -3.46. The topological polar surface area (TPSA) is 128 Å². The predicted octanol–water partition coefficient (Wildman–Crippen LogP) is 2.47. The first kappa shape index (κ1) is 20.8. The summed E-state index contributed by atoms with van der Waals surface area (Å²) in [6.45, 7) is 0.807. The average molecular weight is 406 g/mol. The number of carbonyl (C=O) groups excluding carboxylic acids is 3. The van der Waals surface area contributed by atoms with Crippen LogP contribution in [0.2, 0.25) is 5.02 Å². The van der Waals surface area contributed by atoms with Gasteiger partial charge in [-0.3, -0.25) is 24.5 Å². The van der Waals surface area contributed by atoms with E-state index < -0.39 is 35.9 Å². The molecule has 2 aromatic rings. The van der Waals surface area contributed by atoms with E-state index in [4.69, 9.17) is 16.3 Å². The maximum atomic E-state index is 11.9. The summed E-state index contributed by atoms with van der Waals surface area (Å²) in [7, 11) is 0. The van der Waals surface area contributed by atoms with Gasteiger partial charge >= 0.3 is 5.97 Å². The van der Waals surface area contributed by atoms with Crippen LogP contribution in [0.4, 0.5) is 11.4 Å². The van der Waals surface area contributed by atoms with Crippen molar-refractivity contribution in [1.29, 1.82) is 0 Å². The lowest BCUT2D eigenvalue weighted by Gasteiger charge is -2.08. The molecule has 2 aromatic carbocycles. The quantitative estimate of drug-likeness (QED) is 0.413. The van der Waals surface area contributed by atoms with Crippen molar-refractivity contribution in [1.82, 2.24) is 5.32 Å². The fraction of sp³-hybridized carbons (Fsp3) is 0.167. The number of hydrogen-bond donors (Lipinski definition) is 2. The normalized spacial score (nSPS) is 10.1. The van der Waals surface area contributed by atoms with Gasteiger partial charge in [0.25, 0.3) is 17.5 Å². The van der Waals surface area contributed by atoms with Crippen molar-refractivity contribution in [2.24, 2.45) is 0 Å². The molecule has 2 N–H and O–H groups in total. The van der Waals surface area contributed by atoms with E-state index in [1.54, 1.807) is 18.2 Å². The molecule has 28 heavy (non-hydrogen) atoms. The largest absolute Gasteiger partial charge is 0.454 e. The van der Waals surface area contributed by atoms with Crippen molar-refractivity contribution < 1.29 is 24.0 Å². The third kappa shape index (κ3) is 6.06. The minimum Gasteiger partial charge on any atom is -0.454 e. The molecule has 2 rings (SSSR count). The number of halogens is 1. The number of nitrogens with zero attached hydrogens (tertiary/aromatic N) is 1. The fourth-order valence-corrected chi connectivity index (χ4v) is 2.35. The number of nitro groups is 1. The number of anilines is 1. The molecular weight excluding hydrogens is 390 g/mol. The number of nitrogens with one attached hydrogen (secondary N) is 2. The highest BCUT2D eigenvalue weighted by Crippen LogP contribution is 2.27.